The van der Waals surface area contributed by atoms with Crippen molar-refractivity contribution in [2.45, 2.75) is 6.54 Å². The molecule has 0 heterocycles. The minimum absolute atomic E-state index is 0.302. The minimum Gasteiger partial charge on any atom is -0.465 e. The second-order valence-corrected chi connectivity index (χ2v) is 4.27. The van der Waals surface area contributed by atoms with Gasteiger partial charge in [-0.25, -0.2) is 4.79 Å². The summed E-state index contributed by atoms with van der Waals surface area (Å²) >= 11 is 5.88. The molecule has 0 saturated carbocycles. The molecule has 0 saturated heterocycles. The Labute approximate surface area is 110 Å². The van der Waals surface area contributed by atoms with Gasteiger partial charge in [-0.15, -0.1) is 0 Å². The molecule has 3 nitrogen and oxygen atoms in total. The molecule has 0 atom stereocenters. The molecule has 4 heteroatoms. The summed E-state index contributed by atoms with van der Waals surface area (Å²) < 4.78 is 0. The van der Waals surface area contributed by atoms with Crippen LogP contribution >= 0.6 is 11.6 Å². The van der Waals surface area contributed by atoms with Crippen LogP contribution in [-0.4, -0.2) is 11.2 Å². The van der Waals surface area contributed by atoms with Gasteiger partial charge in [0.2, 0.25) is 0 Å². The van der Waals surface area contributed by atoms with Gasteiger partial charge in [-0.2, -0.15) is 0 Å². The Hall–Kier alpha value is -2.00. The number of anilines is 1. The summed E-state index contributed by atoms with van der Waals surface area (Å²) in [5, 5.41) is 9.78. The number of nitrogens with zero attached hydrogens (tertiary/aromatic N) is 1. The van der Waals surface area contributed by atoms with Gasteiger partial charge in [0.05, 0.1) is 6.54 Å². The first-order valence-corrected chi connectivity index (χ1v) is 5.84. The first kappa shape index (κ1) is 12.5. The molecular weight excluding hydrogens is 250 g/mol. The highest BCUT2D eigenvalue weighted by atomic mass is 35.5. The number of benzene rings is 2. The Morgan fingerprint density at radius 1 is 1.11 bits per heavy atom. The van der Waals surface area contributed by atoms with Crippen molar-refractivity contribution < 1.29 is 9.90 Å². The highest BCUT2D eigenvalue weighted by Gasteiger charge is 2.14. The van der Waals surface area contributed by atoms with Gasteiger partial charge in [0.1, 0.15) is 0 Å². The van der Waals surface area contributed by atoms with Crippen LogP contribution in [0.2, 0.25) is 5.02 Å². The number of amides is 1. The topological polar surface area (TPSA) is 40.5 Å². The SMILES string of the molecule is O=C(O)N(Cc1ccccc1)c1cccc(Cl)c1. The van der Waals surface area contributed by atoms with Crippen molar-refractivity contribution >= 4 is 23.4 Å². The number of hydrogen-bond donors (Lipinski definition) is 1. The van der Waals surface area contributed by atoms with Crippen LogP contribution in [0.3, 0.4) is 0 Å². The Kier molecular flexibility index (Phi) is 3.85. The van der Waals surface area contributed by atoms with Crippen molar-refractivity contribution in [3.8, 4) is 0 Å². The van der Waals surface area contributed by atoms with Crippen LogP contribution in [0, 0.1) is 0 Å². The zero-order chi connectivity index (χ0) is 13.0. The lowest BCUT2D eigenvalue weighted by atomic mass is 10.2. The molecule has 0 aliphatic heterocycles. The van der Waals surface area contributed by atoms with Gasteiger partial charge >= 0.3 is 6.09 Å². The van der Waals surface area contributed by atoms with Crippen molar-refractivity contribution in [3.05, 3.63) is 65.2 Å². The number of rotatable bonds is 3. The maximum Gasteiger partial charge on any atom is 0.412 e. The quantitative estimate of drug-likeness (QED) is 0.906. The van der Waals surface area contributed by atoms with E-state index in [0.717, 1.165) is 5.56 Å². The molecule has 0 unspecified atom stereocenters. The zero-order valence-corrected chi connectivity index (χ0v) is 10.3. The van der Waals surface area contributed by atoms with Crippen molar-refractivity contribution in [3.63, 3.8) is 0 Å². The molecule has 0 fully saturated rings. The van der Waals surface area contributed by atoms with Crippen LogP contribution in [0.4, 0.5) is 10.5 Å². The van der Waals surface area contributed by atoms with Crippen molar-refractivity contribution in [1.82, 2.24) is 0 Å². The Morgan fingerprint density at radius 2 is 1.83 bits per heavy atom. The summed E-state index contributed by atoms with van der Waals surface area (Å²) in [7, 11) is 0. The van der Waals surface area contributed by atoms with Gasteiger partial charge < -0.3 is 5.11 Å². The van der Waals surface area contributed by atoms with E-state index >= 15 is 0 Å². The third-order valence-corrected chi connectivity index (χ3v) is 2.77. The maximum atomic E-state index is 11.3. The fourth-order valence-corrected chi connectivity index (χ4v) is 1.86. The van der Waals surface area contributed by atoms with Crippen molar-refractivity contribution in [2.75, 3.05) is 4.90 Å². The predicted octanol–water partition coefficient (Wildman–Crippen LogP) is 4.02. The lowest BCUT2D eigenvalue weighted by Gasteiger charge is -2.19. The lowest BCUT2D eigenvalue weighted by Crippen LogP contribution is -2.28. The monoisotopic (exact) mass is 261 g/mol. The first-order valence-electron chi connectivity index (χ1n) is 5.47. The normalized spacial score (nSPS) is 10.1. The Bertz CT molecular complexity index is 543. The van der Waals surface area contributed by atoms with E-state index in [4.69, 9.17) is 11.6 Å². The van der Waals surface area contributed by atoms with Gasteiger partial charge in [0.25, 0.3) is 0 Å². The van der Waals surface area contributed by atoms with Crippen LogP contribution in [-0.2, 0) is 6.54 Å². The predicted molar refractivity (Wildman–Crippen MR) is 72.1 cm³/mol. The van der Waals surface area contributed by atoms with Gasteiger partial charge in [0.15, 0.2) is 0 Å². The maximum absolute atomic E-state index is 11.3. The molecule has 18 heavy (non-hydrogen) atoms. The average Bonchev–Trinajstić information content (AvgIpc) is 2.37. The molecule has 0 bridgehead atoms. The van der Waals surface area contributed by atoms with Gasteiger partial charge in [-0.3, -0.25) is 4.90 Å². The second kappa shape index (κ2) is 5.56. The summed E-state index contributed by atoms with van der Waals surface area (Å²) in [6, 6.07) is 16.3. The lowest BCUT2D eigenvalue weighted by molar-refractivity contribution is 0.201. The highest BCUT2D eigenvalue weighted by Crippen LogP contribution is 2.21. The van der Waals surface area contributed by atoms with E-state index in [1.807, 2.05) is 30.3 Å². The Morgan fingerprint density at radius 3 is 2.44 bits per heavy atom. The molecule has 1 amide bonds. The third kappa shape index (κ3) is 3.02. The summed E-state index contributed by atoms with van der Waals surface area (Å²) in [6.45, 7) is 0.302. The van der Waals surface area contributed by atoms with E-state index in [1.165, 1.54) is 4.90 Å². The number of halogens is 1. The molecule has 1 N–H and O–H groups in total. The smallest absolute Gasteiger partial charge is 0.412 e. The first-order chi connectivity index (χ1) is 8.66. The summed E-state index contributed by atoms with van der Waals surface area (Å²) in [5.74, 6) is 0. The third-order valence-electron chi connectivity index (χ3n) is 2.53. The molecule has 0 radical (unpaired) electrons. The summed E-state index contributed by atoms with van der Waals surface area (Å²) in [4.78, 5) is 12.6. The molecular formula is C14H12ClNO2. The molecule has 2 aromatic rings. The van der Waals surface area contributed by atoms with Crippen LogP contribution < -0.4 is 4.90 Å². The average molecular weight is 262 g/mol. The fourth-order valence-electron chi connectivity index (χ4n) is 1.68. The minimum atomic E-state index is -0.999. The molecule has 0 aliphatic carbocycles. The molecule has 92 valence electrons. The molecule has 0 spiro atoms. The molecule has 0 aliphatic rings. The zero-order valence-electron chi connectivity index (χ0n) is 9.58. The standard InChI is InChI=1S/C14H12ClNO2/c15-12-7-4-8-13(9-12)16(14(17)18)10-11-5-2-1-3-6-11/h1-9H,10H2,(H,17,18). The summed E-state index contributed by atoms with van der Waals surface area (Å²) in [5.41, 5.74) is 1.50. The van der Waals surface area contributed by atoms with E-state index in [0.29, 0.717) is 17.3 Å². The van der Waals surface area contributed by atoms with Gasteiger partial charge in [-0.1, -0.05) is 48.0 Å². The van der Waals surface area contributed by atoms with E-state index in [2.05, 4.69) is 0 Å². The molecule has 0 aromatic heterocycles. The highest BCUT2D eigenvalue weighted by molar-refractivity contribution is 6.30. The van der Waals surface area contributed by atoms with Crippen molar-refractivity contribution in [2.24, 2.45) is 0 Å². The second-order valence-electron chi connectivity index (χ2n) is 3.83. The number of carboxylic acid groups (broad SMARTS) is 1. The van der Waals surface area contributed by atoms with E-state index < -0.39 is 6.09 Å². The van der Waals surface area contributed by atoms with Crippen LogP contribution in [0.15, 0.2) is 54.6 Å². The van der Waals surface area contributed by atoms with Crippen molar-refractivity contribution in [1.29, 1.82) is 0 Å². The molecule has 2 aromatic carbocycles. The Balaban J connectivity index is 2.27. The van der Waals surface area contributed by atoms with E-state index in [9.17, 15) is 9.90 Å². The van der Waals surface area contributed by atoms with Crippen LogP contribution in [0.5, 0.6) is 0 Å². The van der Waals surface area contributed by atoms with Gasteiger partial charge in [0, 0.05) is 10.7 Å². The van der Waals surface area contributed by atoms with E-state index in [-0.39, 0.29) is 0 Å². The van der Waals surface area contributed by atoms with Crippen LogP contribution in [0.1, 0.15) is 5.56 Å². The fraction of sp³-hybridized carbons (Fsp3) is 0.0714. The number of carbonyl (C=O) groups is 1. The van der Waals surface area contributed by atoms with E-state index in [1.54, 1.807) is 24.3 Å². The largest absolute Gasteiger partial charge is 0.465 e. The number of hydrogen-bond acceptors (Lipinski definition) is 1. The van der Waals surface area contributed by atoms with Gasteiger partial charge in [-0.05, 0) is 23.8 Å². The summed E-state index contributed by atoms with van der Waals surface area (Å²) in [6.07, 6.45) is -0.999. The molecule has 2 rings (SSSR count). The van der Waals surface area contributed by atoms with Crippen LogP contribution in [0.25, 0.3) is 0 Å².